The Kier molecular flexibility index (Phi) is 7.11. The molecule has 7 nitrogen and oxygen atoms in total. The lowest BCUT2D eigenvalue weighted by Gasteiger charge is -2.16. The number of rotatable bonds is 8. The maximum Gasteiger partial charge on any atom is 0.242 e. The van der Waals surface area contributed by atoms with Crippen molar-refractivity contribution in [2.24, 2.45) is 0 Å². The molecule has 0 aromatic heterocycles. The minimum atomic E-state index is -3.92. The van der Waals surface area contributed by atoms with Crippen LogP contribution < -0.4 is 19.5 Å². The van der Waals surface area contributed by atoms with Gasteiger partial charge in [-0.2, -0.15) is 4.72 Å². The van der Waals surface area contributed by atoms with E-state index < -0.39 is 22.0 Å². The van der Waals surface area contributed by atoms with Gasteiger partial charge >= 0.3 is 0 Å². The van der Waals surface area contributed by atoms with Gasteiger partial charge in [-0.15, -0.1) is 11.8 Å². The van der Waals surface area contributed by atoms with Crippen LogP contribution in [0.4, 0.5) is 5.69 Å². The van der Waals surface area contributed by atoms with Gasteiger partial charge in [-0.3, -0.25) is 4.79 Å². The summed E-state index contributed by atoms with van der Waals surface area (Å²) in [6.07, 6.45) is 1.90. The summed E-state index contributed by atoms with van der Waals surface area (Å²) >= 11 is 1.49. The zero-order chi connectivity index (χ0) is 20.0. The number of benzene rings is 2. The summed E-state index contributed by atoms with van der Waals surface area (Å²) in [6, 6.07) is 10.5. The fraction of sp³-hybridized carbons (Fsp3) is 0.278. The van der Waals surface area contributed by atoms with Crippen molar-refractivity contribution in [2.75, 3.05) is 25.8 Å². The third-order valence-electron chi connectivity index (χ3n) is 3.76. The standard InChI is InChI=1S/C18H22N2O5S2/c1-12(18(21)19-14-7-5-6-8-17(14)26-4)20-27(22,23)13-9-10-15(24-2)16(11-13)25-3/h5-12,20H,1-4H3,(H,19,21)/t12-/m0/s1. The lowest BCUT2D eigenvalue weighted by atomic mass is 10.3. The summed E-state index contributed by atoms with van der Waals surface area (Å²) in [5.41, 5.74) is 0.632. The van der Waals surface area contributed by atoms with Gasteiger partial charge in [-0.25, -0.2) is 8.42 Å². The Balaban J connectivity index is 2.16. The SMILES string of the molecule is COc1ccc(S(=O)(=O)N[C@@H](C)C(=O)Nc2ccccc2SC)cc1OC. The first-order valence-corrected chi connectivity index (χ1v) is 10.7. The monoisotopic (exact) mass is 410 g/mol. The Morgan fingerprint density at radius 3 is 2.37 bits per heavy atom. The Labute approximate surface area is 163 Å². The van der Waals surface area contributed by atoms with Crippen LogP contribution in [0, 0.1) is 0 Å². The van der Waals surface area contributed by atoms with Crippen LogP contribution in [0.15, 0.2) is 52.3 Å². The lowest BCUT2D eigenvalue weighted by Crippen LogP contribution is -2.41. The summed E-state index contributed by atoms with van der Waals surface area (Å²) in [5, 5.41) is 2.74. The van der Waals surface area contributed by atoms with Gasteiger partial charge in [-0.1, -0.05) is 12.1 Å². The summed E-state index contributed by atoms with van der Waals surface area (Å²) in [4.78, 5) is 13.3. The summed E-state index contributed by atoms with van der Waals surface area (Å²) in [5.74, 6) is 0.239. The molecule has 27 heavy (non-hydrogen) atoms. The number of sulfonamides is 1. The second-order valence-corrected chi connectivity index (χ2v) is 8.11. The third kappa shape index (κ3) is 5.15. The smallest absolute Gasteiger partial charge is 0.242 e. The third-order valence-corrected chi connectivity index (χ3v) is 6.09. The molecule has 0 aliphatic rings. The van der Waals surface area contributed by atoms with Crippen LogP contribution in [0.25, 0.3) is 0 Å². The molecule has 0 heterocycles. The molecule has 146 valence electrons. The van der Waals surface area contributed by atoms with Crippen LogP contribution in [-0.2, 0) is 14.8 Å². The number of amides is 1. The Bertz CT molecular complexity index is 916. The average molecular weight is 411 g/mol. The van der Waals surface area contributed by atoms with Crippen LogP contribution in [0.5, 0.6) is 11.5 Å². The van der Waals surface area contributed by atoms with E-state index in [1.165, 1.54) is 51.1 Å². The Hall–Kier alpha value is -2.23. The topological polar surface area (TPSA) is 93.7 Å². The van der Waals surface area contributed by atoms with Crippen LogP contribution in [0.2, 0.25) is 0 Å². The van der Waals surface area contributed by atoms with Crippen molar-refractivity contribution in [3.63, 3.8) is 0 Å². The lowest BCUT2D eigenvalue weighted by molar-refractivity contribution is -0.117. The van der Waals surface area contributed by atoms with Crippen LogP contribution >= 0.6 is 11.8 Å². The van der Waals surface area contributed by atoms with Gasteiger partial charge in [0.2, 0.25) is 15.9 Å². The molecular formula is C18H22N2O5S2. The molecule has 1 atom stereocenters. The molecule has 0 saturated heterocycles. The molecular weight excluding hydrogens is 388 g/mol. The van der Waals surface area contributed by atoms with E-state index in [2.05, 4.69) is 10.0 Å². The molecule has 9 heteroatoms. The number of para-hydroxylation sites is 1. The van der Waals surface area contributed by atoms with Crippen molar-refractivity contribution in [2.45, 2.75) is 22.8 Å². The van der Waals surface area contributed by atoms with Gasteiger partial charge in [0, 0.05) is 11.0 Å². The first kappa shape index (κ1) is 21.1. The second-order valence-electron chi connectivity index (χ2n) is 5.55. The molecule has 2 N–H and O–H groups in total. The van der Waals surface area contributed by atoms with Crippen molar-refractivity contribution in [3.8, 4) is 11.5 Å². The number of ether oxygens (including phenoxy) is 2. The quantitative estimate of drug-likeness (QED) is 0.650. The minimum absolute atomic E-state index is 0.0238. The maximum atomic E-state index is 12.6. The molecule has 0 fully saturated rings. The summed E-state index contributed by atoms with van der Waals surface area (Å²) < 4.78 is 37.8. The number of hydrogen-bond acceptors (Lipinski definition) is 6. The van der Waals surface area contributed by atoms with E-state index in [-0.39, 0.29) is 10.6 Å². The first-order chi connectivity index (χ1) is 12.8. The van der Waals surface area contributed by atoms with Crippen molar-refractivity contribution >= 4 is 33.4 Å². The first-order valence-electron chi connectivity index (χ1n) is 8.00. The number of nitrogens with one attached hydrogen (secondary N) is 2. The van der Waals surface area contributed by atoms with E-state index in [9.17, 15) is 13.2 Å². The fourth-order valence-electron chi connectivity index (χ4n) is 2.33. The molecule has 2 aromatic carbocycles. The van der Waals surface area contributed by atoms with E-state index in [0.29, 0.717) is 11.4 Å². The molecule has 0 aliphatic heterocycles. The molecule has 0 aliphatic carbocycles. The predicted octanol–water partition coefficient (Wildman–Crippen LogP) is 2.73. The molecule has 0 spiro atoms. The highest BCUT2D eigenvalue weighted by Gasteiger charge is 2.23. The zero-order valence-electron chi connectivity index (χ0n) is 15.5. The van der Waals surface area contributed by atoms with Crippen LogP contribution in [0.3, 0.4) is 0 Å². The second kappa shape index (κ2) is 9.12. The van der Waals surface area contributed by atoms with Crippen LogP contribution in [-0.4, -0.2) is 40.8 Å². The Morgan fingerprint density at radius 1 is 1.07 bits per heavy atom. The zero-order valence-corrected chi connectivity index (χ0v) is 17.1. The molecule has 0 unspecified atom stereocenters. The van der Waals surface area contributed by atoms with E-state index >= 15 is 0 Å². The van der Waals surface area contributed by atoms with Crippen molar-refractivity contribution < 1.29 is 22.7 Å². The number of carbonyl (C=O) groups is 1. The highest BCUT2D eigenvalue weighted by Crippen LogP contribution is 2.29. The Morgan fingerprint density at radius 2 is 1.74 bits per heavy atom. The van der Waals surface area contributed by atoms with Crippen LogP contribution in [0.1, 0.15) is 6.92 Å². The molecule has 0 saturated carbocycles. The van der Waals surface area contributed by atoms with Crippen molar-refractivity contribution in [3.05, 3.63) is 42.5 Å². The summed E-state index contributed by atoms with van der Waals surface area (Å²) in [6.45, 7) is 1.48. The van der Waals surface area contributed by atoms with Crippen molar-refractivity contribution in [1.29, 1.82) is 0 Å². The van der Waals surface area contributed by atoms with Gasteiger partial charge in [-0.05, 0) is 37.4 Å². The predicted molar refractivity (Wildman–Crippen MR) is 106 cm³/mol. The number of carbonyl (C=O) groups excluding carboxylic acids is 1. The van der Waals surface area contributed by atoms with Crippen molar-refractivity contribution in [1.82, 2.24) is 4.72 Å². The molecule has 0 bridgehead atoms. The van der Waals surface area contributed by atoms with Gasteiger partial charge in [0.1, 0.15) is 0 Å². The van der Waals surface area contributed by atoms with Gasteiger partial charge in [0.05, 0.1) is 30.8 Å². The normalized spacial score (nSPS) is 12.3. The minimum Gasteiger partial charge on any atom is -0.493 e. The average Bonchev–Trinajstić information content (AvgIpc) is 2.67. The molecule has 0 radical (unpaired) electrons. The van der Waals surface area contributed by atoms with E-state index in [4.69, 9.17) is 9.47 Å². The van der Waals surface area contributed by atoms with E-state index in [0.717, 1.165) is 4.90 Å². The number of thioether (sulfide) groups is 1. The maximum absolute atomic E-state index is 12.6. The molecule has 2 rings (SSSR count). The van der Waals surface area contributed by atoms with Gasteiger partial charge in [0.15, 0.2) is 11.5 Å². The fourth-order valence-corrected chi connectivity index (χ4v) is 4.10. The highest BCUT2D eigenvalue weighted by molar-refractivity contribution is 7.98. The van der Waals surface area contributed by atoms with E-state index in [1.807, 2.05) is 18.4 Å². The largest absolute Gasteiger partial charge is 0.493 e. The van der Waals surface area contributed by atoms with E-state index in [1.54, 1.807) is 12.1 Å². The molecule has 1 amide bonds. The number of hydrogen-bond donors (Lipinski definition) is 2. The highest BCUT2D eigenvalue weighted by atomic mass is 32.2. The summed E-state index contributed by atoms with van der Waals surface area (Å²) in [7, 11) is -1.04. The van der Waals surface area contributed by atoms with Gasteiger partial charge in [0.25, 0.3) is 0 Å². The van der Waals surface area contributed by atoms with Gasteiger partial charge < -0.3 is 14.8 Å². The number of anilines is 1. The number of methoxy groups -OCH3 is 2. The molecule has 2 aromatic rings.